The van der Waals surface area contributed by atoms with Gasteiger partial charge in [0.05, 0.1) is 5.92 Å². The highest BCUT2D eigenvalue weighted by molar-refractivity contribution is 6.00. The minimum Gasteiger partial charge on any atom is -0.352 e. The Bertz CT molecular complexity index is 1000. The van der Waals surface area contributed by atoms with E-state index < -0.39 is 0 Å². The van der Waals surface area contributed by atoms with Gasteiger partial charge in [0.2, 0.25) is 17.7 Å². The molecule has 0 spiro atoms. The summed E-state index contributed by atoms with van der Waals surface area (Å²) >= 11 is 0. The van der Waals surface area contributed by atoms with Crippen LogP contribution in [0.1, 0.15) is 49.3 Å². The van der Waals surface area contributed by atoms with Crippen LogP contribution in [-0.4, -0.2) is 24.3 Å². The first-order valence-corrected chi connectivity index (χ1v) is 11.1. The fourth-order valence-electron chi connectivity index (χ4n) is 4.40. The van der Waals surface area contributed by atoms with Crippen LogP contribution < -0.4 is 15.5 Å². The first-order valence-electron chi connectivity index (χ1n) is 11.1. The van der Waals surface area contributed by atoms with E-state index in [1.165, 1.54) is 17.5 Å². The third kappa shape index (κ3) is 4.95. The molecule has 1 fully saturated rings. The second-order valence-corrected chi connectivity index (χ2v) is 8.43. The van der Waals surface area contributed by atoms with Gasteiger partial charge in [-0.1, -0.05) is 25.1 Å². The number of hydrogen-bond acceptors (Lipinski definition) is 3. The van der Waals surface area contributed by atoms with Gasteiger partial charge in [0.25, 0.3) is 0 Å². The molecule has 2 aromatic carbocycles. The minimum absolute atomic E-state index is 0.00118. The number of hydrogen-bond donors (Lipinski definition) is 2. The van der Waals surface area contributed by atoms with E-state index in [1.54, 1.807) is 4.90 Å². The molecule has 31 heavy (non-hydrogen) atoms. The molecule has 1 saturated heterocycles. The van der Waals surface area contributed by atoms with Crippen LogP contribution in [0.2, 0.25) is 0 Å². The van der Waals surface area contributed by atoms with Crippen LogP contribution in [0.5, 0.6) is 0 Å². The smallest absolute Gasteiger partial charge is 0.227 e. The molecule has 2 aliphatic rings. The summed E-state index contributed by atoms with van der Waals surface area (Å²) in [6.45, 7) is 2.74. The summed E-state index contributed by atoms with van der Waals surface area (Å²) in [4.78, 5) is 38.8. The maximum Gasteiger partial charge on any atom is 0.227 e. The van der Waals surface area contributed by atoms with Crippen molar-refractivity contribution >= 4 is 29.1 Å². The highest BCUT2D eigenvalue weighted by Crippen LogP contribution is 2.30. The van der Waals surface area contributed by atoms with Crippen LogP contribution in [0.3, 0.4) is 0 Å². The third-order valence-electron chi connectivity index (χ3n) is 6.04. The fraction of sp³-hybridized carbons (Fsp3) is 0.400. The van der Waals surface area contributed by atoms with Crippen molar-refractivity contribution in [3.63, 3.8) is 0 Å². The van der Waals surface area contributed by atoms with Gasteiger partial charge >= 0.3 is 0 Å². The summed E-state index contributed by atoms with van der Waals surface area (Å²) < 4.78 is 0. The number of amides is 3. The number of rotatable bonds is 7. The molecule has 6 nitrogen and oxygen atoms in total. The standard InChI is InChI=1S/C25H29N3O3/c1-2-5-23(29)27-21-9-3-6-17(12-21)15-26-25(31)20-14-24(30)28(16-20)22-11-10-18-7-4-8-19(18)13-22/h3,6,9-13,20H,2,4-5,7-8,14-16H2,1H3,(H,26,31)(H,27,29)/t20-/m1/s1. The van der Waals surface area contributed by atoms with Crippen LogP contribution in [0.15, 0.2) is 42.5 Å². The number of carbonyl (C=O) groups is 3. The average Bonchev–Trinajstić information content (AvgIpc) is 3.38. The zero-order valence-electron chi connectivity index (χ0n) is 17.9. The second-order valence-electron chi connectivity index (χ2n) is 8.43. The van der Waals surface area contributed by atoms with Gasteiger partial charge in [0.15, 0.2) is 0 Å². The van der Waals surface area contributed by atoms with Gasteiger partial charge in [-0.25, -0.2) is 0 Å². The molecule has 1 atom stereocenters. The number of nitrogens with zero attached hydrogens (tertiary/aromatic N) is 1. The first-order chi connectivity index (χ1) is 15.0. The van der Waals surface area contributed by atoms with Gasteiger partial charge in [-0.15, -0.1) is 0 Å². The van der Waals surface area contributed by atoms with E-state index in [0.29, 0.717) is 19.5 Å². The van der Waals surface area contributed by atoms with Crippen molar-refractivity contribution in [3.8, 4) is 0 Å². The summed E-state index contributed by atoms with van der Waals surface area (Å²) in [6.07, 6.45) is 4.85. The van der Waals surface area contributed by atoms with Crippen molar-refractivity contribution in [1.82, 2.24) is 5.32 Å². The molecule has 1 aliphatic heterocycles. The number of nitrogens with one attached hydrogen (secondary N) is 2. The summed E-state index contributed by atoms with van der Waals surface area (Å²) in [7, 11) is 0. The number of anilines is 2. The molecule has 2 N–H and O–H groups in total. The summed E-state index contributed by atoms with van der Waals surface area (Å²) in [6, 6.07) is 13.7. The van der Waals surface area contributed by atoms with Crippen LogP contribution in [0.4, 0.5) is 11.4 Å². The molecule has 4 rings (SSSR count). The van der Waals surface area contributed by atoms with E-state index in [0.717, 1.165) is 36.2 Å². The molecule has 0 bridgehead atoms. The van der Waals surface area contributed by atoms with Crippen molar-refractivity contribution in [2.45, 2.75) is 52.0 Å². The minimum atomic E-state index is -0.354. The molecule has 1 heterocycles. The summed E-state index contributed by atoms with van der Waals surface area (Å²) in [5.74, 6) is -0.482. The van der Waals surface area contributed by atoms with E-state index in [1.807, 2.05) is 37.3 Å². The Morgan fingerprint density at radius 2 is 1.94 bits per heavy atom. The Labute approximate surface area is 183 Å². The molecule has 0 saturated carbocycles. The maximum absolute atomic E-state index is 12.7. The molecule has 6 heteroatoms. The van der Waals surface area contributed by atoms with Crippen molar-refractivity contribution in [2.24, 2.45) is 5.92 Å². The molecular weight excluding hydrogens is 390 g/mol. The van der Waals surface area contributed by atoms with Crippen molar-refractivity contribution in [3.05, 3.63) is 59.2 Å². The van der Waals surface area contributed by atoms with Gasteiger partial charge in [-0.3, -0.25) is 14.4 Å². The van der Waals surface area contributed by atoms with Gasteiger partial charge in [-0.05, 0) is 66.6 Å². The highest BCUT2D eigenvalue weighted by atomic mass is 16.2. The third-order valence-corrected chi connectivity index (χ3v) is 6.04. The predicted octanol–water partition coefficient (Wildman–Crippen LogP) is 3.58. The summed E-state index contributed by atoms with van der Waals surface area (Å²) in [5, 5.41) is 5.82. The quantitative estimate of drug-likeness (QED) is 0.720. The highest BCUT2D eigenvalue weighted by Gasteiger charge is 2.35. The van der Waals surface area contributed by atoms with Crippen molar-refractivity contribution in [1.29, 1.82) is 0 Å². The molecule has 3 amide bonds. The number of carbonyl (C=O) groups excluding carboxylic acids is 3. The van der Waals surface area contributed by atoms with E-state index in [-0.39, 0.29) is 30.1 Å². The lowest BCUT2D eigenvalue weighted by atomic mass is 10.1. The van der Waals surface area contributed by atoms with Crippen molar-refractivity contribution < 1.29 is 14.4 Å². The molecule has 2 aromatic rings. The number of benzene rings is 2. The van der Waals surface area contributed by atoms with Gasteiger partial charge < -0.3 is 15.5 Å². The molecule has 0 unspecified atom stereocenters. The Balaban J connectivity index is 1.33. The van der Waals surface area contributed by atoms with E-state index in [9.17, 15) is 14.4 Å². The van der Waals surface area contributed by atoms with E-state index >= 15 is 0 Å². The maximum atomic E-state index is 12.7. The van der Waals surface area contributed by atoms with Crippen molar-refractivity contribution in [2.75, 3.05) is 16.8 Å². The molecular formula is C25H29N3O3. The Morgan fingerprint density at radius 1 is 1.10 bits per heavy atom. The number of fused-ring (bicyclic) bond motifs is 1. The average molecular weight is 420 g/mol. The second kappa shape index (κ2) is 9.33. The van der Waals surface area contributed by atoms with Crippen LogP contribution >= 0.6 is 0 Å². The zero-order valence-corrected chi connectivity index (χ0v) is 17.9. The molecule has 162 valence electrons. The van der Waals surface area contributed by atoms with Crippen LogP contribution in [0.25, 0.3) is 0 Å². The SMILES string of the molecule is CCCC(=O)Nc1cccc(CNC(=O)[C@@H]2CC(=O)N(c3ccc4c(c3)CCC4)C2)c1. The molecule has 1 aliphatic carbocycles. The number of aryl methyl sites for hydroxylation is 2. The van der Waals surface area contributed by atoms with E-state index in [4.69, 9.17) is 0 Å². The zero-order chi connectivity index (χ0) is 21.8. The van der Waals surface area contributed by atoms with Crippen LogP contribution in [-0.2, 0) is 33.8 Å². The largest absolute Gasteiger partial charge is 0.352 e. The monoisotopic (exact) mass is 419 g/mol. The first kappa shape index (κ1) is 21.1. The Hall–Kier alpha value is -3.15. The lowest BCUT2D eigenvalue weighted by molar-refractivity contribution is -0.126. The van der Waals surface area contributed by atoms with Gasteiger partial charge in [0, 0.05) is 37.3 Å². The van der Waals surface area contributed by atoms with Gasteiger partial charge in [0.1, 0.15) is 0 Å². The Kier molecular flexibility index (Phi) is 6.35. The predicted molar refractivity (Wildman–Crippen MR) is 121 cm³/mol. The normalized spacial score (nSPS) is 17.5. The lowest BCUT2D eigenvalue weighted by Crippen LogP contribution is -2.32. The fourth-order valence-corrected chi connectivity index (χ4v) is 4.40. The lowest BCUT2D eigenvalue weighted by Gasteiger charge is -2.18. The topological polar surface area (TPSA) is 78.5 Å². The van der Waals surface area contributed by atoms with Crippen LogP contribution in [0, 0.1) is 5.92 Å². The Morgan fingerprint density at radius 3 is 2.77 bits per heavy atom. The molecule has 0 aromatic heterocycles. The summed E-state index contributed by atoms with van der Waals surface area (Å²) in [5.41, 5.74) is 5.23. The molecule has 0 radical (unpaired) electrons. The van der Waals surface area contributed by atoms with E-state index in [2.05, 4.69) is 22.8 Å². The van der Waals surface area contributed by atoms with Gasteiger partial charge in [-0.2, -0.15) is 0 Å².